The lowest BCUT2D eigenvalue weighted by Crippen LogP contribution is -2.37. The molecule has 0 atom stereocenters. The quantitative estimate of drug-likeness (QED) is 0.674. The van der Waals surface area contributed by atoms with E-state index in [1.807, 2.05) is 0 Å². The van der Waals surface area contributed by atoms with E-state index >= 15 is 0 Å². The van der Waals surface area contributed by atoms with Crippen molar-refractivity contribution in [1.82, 2.24) is 5.32 Å². The molecule has 0 radical (unpaired) electrons. The van der Waals surface area contributed by atoms with E-state index < -0.39 is 11.8 Å². The van der Waals surface area contributed by atoms with Gasteiger partial charge in [-0.15, -0.1) is 0 Å². The molecular weight excluding hydrogens is 385 g/mol. The lowest BCUT2D eigenvalue weighted by molar-refractivity contribution is -0.121. The third kappa shape index (κ3) is 5.90. The van der Waals surface area contributed by atoms with E-state index in [0.29, 0.717) is 27.0 Å². The molecule has 0 fully saturated rings. The van der Waals surface area contributed by atoms with E-state index in [1.165, 1.54) is 6.07 Å². The van der Waals surface area contributed by atoms with E-state index in [-0.39, 0.29) is 11.7 Å². The van der Waals surface area contributed by atoms with Gasteiger partial charge in [0.2, 0.25) is 5.91 Å². The van der Waals surface area contributed by atoms with Gasteiger partial charge in [-0.2, -0.15) is 0 Å². The van der Waals surface area contributed by atoms with E-state index in [9.17, 15) is 9.59 Å². The first kappa shape index (κ1) is 19.0. The number of anilines is 1. The molecule has 6 nitrogen and oxygen atoms in total. The van der Waals surface area contributed by atoms with Gasteiger partial charge in [-0.3, -0.25) is 14.9 Å². The molecule has 0 saturated heterocycles. The number of halogens is 2. The SMILES string of the molecule is NC(=O)c1ccc(NC(=S)NC(=O)COc2ccc(Cl)cc2Cl)cc1. The number of rotatable bonds is 5. The van der Waals surface area contributed by atoms with Crippen molar-refractivity contribution in [3.05, 3.63) is 58.1 Å². The predicted octanol–water partition coefficient (Wildman–Crippen LogP) is 2.98. The van der Waals surface area contributed by atoms with E-state index in [4.69, 9.17) is 45.9 Å². The Morgan fingerprint density at radius 3 is 2.40 bits per heavy atom. The fraction of sp³-hybridized carbons (Fsp3) is 0.0625. The van der Waals surface area contributed by atoms with Crippen molar-refractivity contribution in [1.29, 1.82) is 0 Å². The van der Waals surface area contributed by atoms with Gasteiger partial charge >= 0.3 is 0 Å². The van der Waals surface area contributed by atoms with Crippen LogP contribution in [0.1, 0.15) is 10.4 Å². The number of amides is 2. The van der Waals surface area contributed by atoms with E-state index in [0.717, 1.165) is 0 Å². The van der Waals surface area contributed by atoms with Gasteiger partial charge in [0.1, 0.15) is 5.75 Å². The first-order valence-corrected chi connectivity index (χ1v) is 8.10. The summed E-state index contributed by atoms with van der Waals surface area (Å²) in [7, 11) is 0. The third-order valence-corrected chi connectivity index (χ3v) is 3.67. The summed E-state index contributed by atoms with van der Waals surface area (Å²) in [5.41, 5.74) is 6.12. The number of ether oxygens (including phenoxy) is 1. The van der Waals surface area contributed by atoms with Crippen LogP contribution < -0.4 is 21.1 Å². The highest BCUT2D eigenvalue weighted by atomic mass is 35.5. The second-order valence-corrected chi connectivity index (χ2v) is 6.06. The smallest absolute Gasteiger partial charge is 0.264 e. The maximum atomic E-state index is 11.8. The van der Waals surface area contributed by atoms with E-state index in [1.54, 1.807) is 36.4 Å². The molecule has 4 N–H and O–H groups in total. The van der Waals surface area contributed by atoms with Crippen LogP contribution in [0.25, 0.3) is 0 Å². The Kier molecular flexibility index (Phi) is 6.58. The summed E-state index contributed by atoms with van der Waals surface area (Å²) in [5.74, 6) is -0.653. The van der Waals surface area contributed by atoms with Gasteiger partial charge in [-0.1, -0.05) is 23.2 Å². The Hall–Kier alpha value is -2.35. The van der Waals surface area contributed by atoms with Crippen molar-refractivity contribution in [3.8, 4) is 5.75 Å². The van der Waals surface area contributed by atoms with Crippen LogP contribution >= 0.6 is 35.4 Å². The summed E-state index contributed by atoms with van der Waals surface area (Å²) in [5, 5.41) is 6.12. The minimum atomic E-state index is -0.527. The largest absolute Gasteiger partial charge is 0.482 e. The van der Waals surface area contributed by atoms with Crippen molar-refractivity contribution in [2.75, 3.05) is 11.9 Å². The Bertz CT molecular complexity index is 813. The van der Waals surface area contributed by atoms with Crippen LogP contribution in [-0.4, -0.2) is 23.5 Å². The summed E-state index contributed by atoms with van der Waals surface area (Å²) < 4.78 is 5.31. The Labute approximate surface area is 159 Å². The molecule has 0 aliphatic rings. The maximum absolute atomic E-state index is 11.8. The molecule has 0 spiro atoms. The third-order valence-electron chi connectivity index (χ3n) is 2.93. The monoisotopic (exact) mass is 397 g/mol. The lowest BCUT2D eigenvalue weighted by Gasteiger charge is -2.11. The number of hydrogen-bond donors (Lipinski definition) is 3. The number of nitrogens with two attached hydrogens (primary N) is 1. The van der Waals surface area contributed by atoms with Gasteiger partial charge in [0.15, 0.2) is 11.7 Å². The van der Waals surface area contributed by atoms with Gasteiger partial charge in [0.25, 0.3) is 5.91 Å². The first-order chi connectivity index (χ1) is 11.8. The fourth-order valence-corrected chi connectivity index (χ4v) is 2.47. The number of nitrogens with one attached hydrogen (secondary N) is 2. The minimum Gasteiger partial charge on any atom is -0.482 e. The zero-order chi connectivity index (χ0) is 18.4. The maximum Gasteiger partial charge on any atom is 0.264 e. The summed E-state index contributed by atoms with van der Waals surface area (Å²) in [6.07, 6.45) is 0. The summed E-state index contributed by atoms with van der Waals surface area (Å²) in [6.45, 7) is -0.274. The molecule has 2 amide bonds. The predicted molar refractivity (Wildman–Crippen MR) is 101 cm³/mol. The molecule has 130 valence electrons. The number of benzene rings is 2. The molecule has 0 heterocycles. The molecule has 2 aromatic carbocycles. The highest BCUT2D eigenvalue weighted by molar-refractivity contribution is 7.80. The Morgan fingerprint density at radius 2 is 1.80 bits per heavy atom. The molecule has 2 aromatic rings. The van der Waals surface area contributed by atoms with Gasteiger partial charge in [-0.25, -0.2) is 0 Å². The van der Waals surface area contributed by atoms with Crippen LogP contribution in [0.4, 0.5) is 5.69 Å². The molecule has 25 heavy (non-hydrogen) atoms. The molecular formula is C16H13Cl2N3O3S. The zero-order valence-electron chi connectivity index (χ0n) is 12.7. The Morgan fingerprint density at radius 1 is 1.12 bits per heavy atom. The second-order valence-electron chi connectivity index (χ2n) is 4.81. The van der Waals surface area contributed by atoms with Gasteiger partial charge in [0.05, 0.1) is 5.02 Å². The summed E-state index contributed by atoms with van der Waals surface area (Å²) in [4.78, 5) is 22.8. The topological polar surface area (TPSA) is 93.5 Å². The second kappa shape index (κ2) is 8.66. The number of thiocarbonyl (C=S) groups is 1. The van der Waals surface area contributed by atoms with Crippen molar-refractivity contribution in [2.24, 2.45) is 5.73 Å². The summed E-state index contributed by atoms with van der Waals surface area (Å²) >= 11 is 16.8. The molecule has 9 heteroatoms. The van der Waals surface area contributed by atoms with Gasteiger partial charge in [0, 0.05) is 16.3 Å². The standard InChI is InChI=1S/C16H13Cl2N3O3S/c17-10-3-6-13(12(18)7-10)24-8-14(22)21-16(25)20-11-4-1-9(2-5-11)15(19)23/h1-7H,8H2,(H2,19,23)(H2,20,21,22,25). The molecule has 0 aliphatic heterocycles. The number of carbonyl (C=O) groups is 2. The fourth-order valence-electron chi connectivity index (χ4n) is 1.78. The van der Waals surface area contributed by atoms with Crippen LogP contribution in [0.5, 0.6) is 5.75 Å². The van der Waals surface area contributed by atoms with Crippen LogP contribution in [0.2, 0.25) is 10.0 Å². The highest BCUT2D eigenvalue weighted by Crippen LogP contribution is 2.27. The van der Waals surface area contributed by atoms with Crippen molar-refractivity contribution >= 4 is 58.0 Å². The van der Waals surface area contributed by atoms with Crippen LogP contribution in [0.15, 0.2) is 42.5 Å². The molecule has 0 aromatic heterocycles. The molecule has 0 aliphatic carbocycles. The number of hydrogen-bond acceptors (Lipinski definition) is 4. The van der Waals surface area contributed by atoms with E-state index in [2.05, 4.69) is 10.6 Å². The normalized spacial score (nSPS) is 10.0. The molecule has 0 bridgehead atoms. The number of carbonyl (C=O) groups excluding carboxylic acids is 2. The van der Waals surface area contributed by atoms with Crippen LogP contribution in [0, 0.1) is 0 Å². The van der Waals surface area contributed by atoms with Gasteiger partial charge < -0.3 is 15.8 Å². The van der Waals surface area contributed by atoms with Crippen molar-refractivity contribution < 1.29 is 14.3 Å². The van der Waals surface area contributed by atoms with Crippen LogP contribution in [-0.2, 0) is 4.79 Å². The zero-order valence-corrected chi connectivity index (χ0v) is 15.0. The minimum absolute atomic E-state index is 0.0858. The molecule has 2 rings (SSSR count). The summed E-state index contributed by atoms with van der Waals surface area (Å²) in [6, 6.07) is 11.0. The first-order valence-electron chi connectivity index (χ1n) is 6.93. The van der Waals surface area contributed by atoms with Crippen molar-refractivity contribution in [2.45, 2.75) is 0 Å². The number of primary amides is 1. The lowest BCUT2D eigenvalue weighted by atomic mass is 10.2. The molecule has 0 saturated carbocycles. The van der Waals surface area contributed by atoms with Gasteiger partial charge in [-0.05, 0) is 54.7 Å². The Balaban J connectivity index is 1.83. The van der Waals surface area contributed by atoms with Crippen LogP contribution in [0.3, 0.4) is 0 Å². The average molecular weight is 398 g/mol. The van der Waals surface area contributed by atoms with Crippen molar-refractivity contribution in [3.63, 3.8) is 0 Å². The average Bonchev–Trinajstić information content (AvgIpc) is 2.54. The highest BCUT2D eigenvalue weighted by Gasteiger charge is 2.09. The molecule has 0 unspecified atom stereocenters.